The van der Waals surface area contributed by atoms with E-state index in [0.29, 0.717) is 36.2 Å². The molecule has 42 heavy (non-hydrogen) atoms. The minimum absolute atomic E-state index is 0.0436. The van der Waals surface area contributed by atoms with Gasteiger partial charge >= 0.3 is 11.9 Å². The predicted octanol–water partition coefficient (Wildman–Crippen LogP) is 7.33. The van der Waals surface area contributed by atoms with Crippen molar-refractivity contribution < 1.29 is 28.1 Å². The summed E-state index contributed by atoms with van der Waals surface area (Å²) in [7, 11) is 0. The van der Waals surface area contributed by atoms with Gasteiger partial charge in [0.15, 0.2) is 0 Å². The van der Waals surface area contributed by atoms with Crippen molar-refractivity contribution in [1.82, 2.24) is 10.1 Å². The summed E-state index contributed by atoms with van der Waals surface area (Å²) in [5.74, 6) is -1.24. The molecule has 2 aromatic heterocycles. The van der Waals surface area contributed by atoms with E-state index in [1.54, 1.807) is 22.7 Å². The third-order valence-corrected chi connectivity index (χ3v) is 7.93. The average Bonchev–Trinajstić information content (AvgIpc) is 3.61. The third kappa shape index (κ3) is 5.89. The molecule has 2 aromatic carbocycles. The predicted molar refractivity (Wildman–Crippen MR) is 161 cm³/mol. The van der Waals surface area contributed by atoms with Gasteiger partial charge < -0.3 is 18.5 Å². The van der Waals surface area contributed by atoms with Crippen molar-refractivity contribution in [1.29, 1.82) is 0 Å². The Morgan fingerprint density at radius 3 is 1.60 bits per heavy atom. The summed E-state index contributed by atoms with van der Waals surface area (Å²) in [5.41, 5.74) is 5.55. The molecule has 0 amide bonds. The monoisotopic (exact) mass is 606 g/mol. The van der Waals surface area contributed by atoms with Crippen molar-refractivity contribution in [3.05, 3.63) is 94.4 Å². The smallest absolute Gasteiger partial charge is 0.349 e. The first-order valence-electron chi connectivity index (χ1n) is 13.6. The van der Waals surface area contributed by atoms with Gasteiger partial charge in [-0.05, 0) is 59.4 Å². The van der Waals surface area contributed by atoms with Gasteiger partial charge in [-0.3, -0.25) is 0 Å². The number of hydrogen-bond acceptors (Lipinski definition) is 8. The Balaban J connectivity index is 1.03. The minimum atomic E-state index is -0.662. The van der Waals surface area contributed by atoms with Crippen LogP contribution in [0.25, 0.3) is 33.1 Å². The van der Waals surface area contributed by atoms with Crippen molar-refractivity contribution in [3.8, 4) is 0 Å². The van der Waals surface area contributed by atoms with E-state index in [-0.39, 0.29) is 11.8 Å². The minimum Gasteiger partial charge on any atom is -0.464 e. The first-order chi connectivity index (χ1) is 20.2. The Hall–Kier alpha value is -3.82. The lowest BCUT2D eigenvalue weighted by Crippen LogP contribution is -2.35. The van der Waals surface area contributed by atoms with Crippen LogP contribution in [0.2, 0.25) is 10.0 Å². The van der Waals surface area contributed by atoms with E-state index in [0.717, 1.165) is 56.4 Å². The Morgan fingerprint density at radius 2 is 1.19 bits per heavy atom. The number of fused-ring (bicyclic) bond motifs is 2. The SMILES string of the molecule is CC1CN(OC(=O)/C=C/C(=O)ON2CC=C(c3cc(Cl)cc4ccoc34)C(C)C2)CC=C1c1cc(Cl)cc2ccoc12. The molecule has 0 bridgehead atoms. The van der Waals surface area contributed by atoms with Crippen LogP contribution >= 0.6 is 23.2 Å². The maximum Gasteiger partial charge on any atom is 0.349 e. The van der Waals surface area contributed by atoms with Gasteiger partial charge in [0.25, 0.3) is 0 Å². The molecule has 0 radical (unpaired) electrons. The third-order valence-electron chi connectivity index (χ3n) is 7.49. The van der Waals surface area contributed by atoms with Crippen molar-refractivity contribution in [2.24, 2.45) is 11.8 Å². The van der Waals surface area contributed by atoms with Crippen LogP contribution in [-0.4, -0.2) is 48.2 Å². The standard InChI is InChI=1S/C32H28Cl2N2O6/c1-19-17-35(9-5-25(19)27-15-23(33)13-21-7-11-39-31(21)27)41-29(37)3-4-30(38)42-36-10-6-26(20(2)18-36)28-16-24(34)14-22-8-12-40-32(22)28/h3-8,11-16,19-20H,9-10,17-18H2,1-2H3/b4-3+. The Labute approximate surface area is 252 Å². The zero-order chi connectivity index (χ0) is 29.4. The molecule has 10 heteroatoms. The average molecular weight is 607 g/mol. The lowest BCUT2D eigenvalue weighted by Gasteiger charge is -2.30. The quantitative estimate of drug-likeness (QED) is 0.211. The molecule has 2 aliphatic rings. The summed E-state index contributed by atoms with van der Waals surface area (Å²) in [6.07, 6.45) is 9.42. The van der Waals surface area contributed by atoms with Crippen LogP contribution in [0.5, 0.6) is 0 Å². The molecular weight excluding hydrogens is 579 g/mol. The Morgan fingerprint density at radius 1 is 0.762 bits per heavy atom. The molecule has 0 saturated heterocycles. The number of furan rings is 2. The summed E-state index contributed by atoms with van der Waals surface area (Å²) in [4.78, 5) is 35.8. The summed E-state index contributed by atoms with van der Waals surface area (Å²) < 4.78 is 11.4. The van der Waals surface area contributed by atoms with E-state index < -0.39 is 11.9 Å². The van der Waals surface area contributed by atoms with Crippen LogP contribution in [-0.2, 0) is 19.3 Å². The molecule has 0 spiro atoms. The van der Waals surface area contributed by atoms with Gasteiger partial charge in [0.05, 0.1) is 25.6 Å². The molecule has 4 aromatic rings. The van der Waals surface area contributed by atoms with Crippen molar-refractivity contribution >= 4 is 68.2 Å². The molecule has 4 heterocycles. The number of rotatable bonds is 6. The maximum atomic E-state index is 12.5. The van der Waals surface area contributed by atoms with Crippen LogP contribution in [0.4, 0.5) is 0 Å². The topological polar surface area (TPSA) is 85.4 Å². The summed E-state index contributed by atoms with van der Waals surface area (Å²) in [6, 6.07) is 11.3. The molecule has 0 N–H and O–H groups in total. The number of hydroxylamine groups is 4. The van der Waals surface area contributed by atoms with Crippen LogP contribution in [0.3, 0.4) is 0 Å². The molecule has 2 atom stereocenters. The Kier molecular flexibility index (Phi) is 7.96. The number of benzene rings is 2. The van der Waals surface area contributed by atoms with Gasteiger partial charge in [0.1, 0.15) is 11.2 Å². The van der Waals surface area contributed by atoms with Crippen LogP contribution in [0.1, 0.15) is 25.0 Å². The molecule has 0 aliphatic carbocycles. The molecule has 2 unspecified atom stereocenters. The first kappa shape index (κ1) is 28.3. The maximum absolute atomic E-state index is 12.5. The molecule has 0 saturated carbocycles. The van der Waals surface area contributed by atoms with Crippen molar-refractivity contribution in [3.63, 3.8) is 0 Å². The second-order valence-corrected chi connectivity index (χ2v) is 11.4. The zero-order valence-electron chi connectivity index (χ0n) is 23.0. The zero-order valence-corrected chi connectivity index (χ0v) is 24.5. The number of carbonyl (C=O) groups is 2. The second-order valence-electron chi connectivity index (χ2n) is 10.6. The normalized spacial score (nSPS) is 20.2. The lowest BCUT2D eigenvalue weighted by molar-refractivity contribution is -0.186. The summed E-state index contributed by atoms with van der Waals surface area (Å²) in [6.45, 7) is 5.80. The highest BCUT2D eigenvalue weighted by Gasteiger charge is 2.26. The largest absolute Gasteiger partial charge is 0.464 e. The lowest BCUT2D eigenvalue weighted by atomic mass is 9.90. The highest BCUT2D eigenvalue weighted by Crippen LogP contribution is 2.37. The Bertz CT molecular complexity index is 1640. The number of halogens is 2. The fourth-order valence-corrected chi connectivity index (χ4v) is 6.08. The molecule has 216 valence electrons. The van der Waals surface area contributed by atoms with E-state index in [1.165, 1.54) is 0 Å². The van der Waals surface area contributed by atoms with Gasteiger partial charge in [-0.2, -0.15) is 0 Å². The van der Waals surface area contributed by atoms with Gasteiger partial charge in [0, 0.05) is 57.2 Å². The van der Waals surface area contributed by atoms with E-state index in [2.05, 4.69) is 0 Å². The highest BCUT2D eigenvalue weighted by atomic mass is 35.5. The second kappa shape index (κ2) is 11.8. The summed E-state index contributed by atoms with van der Waals surface area (Å²) in [5, 5.41) is 6.24. The molecular formula is C32H28Cl2N2O6. The van der Waals surface area contributed by atoms with Crippen LogP contribution in [0, 0.1) is 11.8 Å². The number of hydrogen-bond donors (Lipinski definition) is 0. The molecule has 2 aliphatic heterocycles. The van der Waals surface area contributed by atoms with Gasteiger partial charge in [-0.1, -0.05) is 49.2 Å². The molecule has 8 nitrogen and oxygen atoms in total. The van der Waals surface area contributed by atoms with Crippen molar-refractivity contribution in [2.45, 2.75) is 13.8 Å². The first-order valence-corrected chi connectivity index (χ1v) is 14.4. The molecule has 6 rings (SSSR count). The summed E-state index contributed by atoms with van der Waals surface area (Å²) >= 11 is 12.6. The van der Waals surface area contributed by atoms with E-state index in [9.17, 15) is 9.59 Å². The van der Waals surface area contributed by atoms with Gasteiger partial charge in [-0.25, -0.2) is 9.59 Å². The van der Waals surface area contributed by atoms with E-state index in [4.69, 9.17) is 41.7 Å². The highest BCUT2D eigenvalue weighted by molar-refractivity contribution is 6.32. The fourth-order valence-electron chi connectivity index (χ4n) is 5.63. The van der Waals surface area contributed by atoms with Crippen LogP contribution < -0.4 is 0 Å². The van der Waals surface area contributed by atoms with Gasteiger partial charge in [-0.15, -0.1) is 10.1 Å². The van der Waals surface area contributed by atoms with Gasteiger partial charge in [0.2, 0.25) is 0 Å². The van der Waals surface area contributed by atoms with Crippen molar-refractivity contribution in [2.75, 3.05) is 26.2 Å². The number of carbonyl (C=O) groups excluding carboxylic acids is 2. The number of nitrogens with zero attached hydrogens (tertiary/aromatic N) is 2. The fraction of sp³-hybridized carbons (Fsp3) is 0.250. The van der Waals surface area contributed by atoms with E-state index in [1.807, 2.05) is 62.4 Å². The van der Waals surface area contributed by atoms with E-state index >= 15 is 0 Å². The van der Waals surface area contributed by atoms with Crippen LogP contribution in [0.15, 0.2) is 82.1 Å². The molecule has 0 fully saturated rings.